The van der Waals surface area contributed by atoms with Gasteiger partial charge in [0, 0.05) is 5.56 Å². The van der Waals surface area contributed by atoms with Gasteiger partial charge in [-0.15, -0.1) is 0 Å². The Bertz CT molecular complexity index is 1230. The van der Waals surface area contributed by atoms with Crippen molar-refractivity contribution in [3.63, 3.8) is 0 Å². The van der Waals surface area contributed by atoms with Crippen LogP contribution in [0, 0.1) is 0 Å². The van der Waals surface area contributed by atoms with Gasteiger partial charge in [0.15, 0.2) is 23.0 Å². The van der Waals surface area contributed by atoms with E-state index in [1.165, 1.54) is 4.90 Å². The maximum absolute atomic E-state index is 13.0. The number of amides is 2. The third kappa shape index (κ3) is 5.78. The van der Waals surface area contributed by atoms with Crippen LogP contribution in [0.15, 0.2) is 77.7 Å². The van der Waals surface area contributed by atoms with Crippen LogP contribution in [-0.4, -0.2) is 43.4 Å². The maximum Gasteiger partial charge on any atom is 0.293 e. The van der Waals surface area contributed by atoms with Crippen LogP contribution in [0.4, 0.5) is 4.79 Å². The third-order valence-corrected chi connectivity index (χ3v) is 6.16. The highest BCUT2D eigenvalue weighted by Gasteiger charge is 2.35. The Morgan fingerprint density at radius 3 is 2.23 bits per heavy atom. The third-order valence-electron chi connectivity index (χ3n) is 5.26. The lowest BCUT2D eigenvalue weighted by molar-refractivity contribution is -0.123. The second kappa shape index (κ2) is 11.5. The fourth-order valence-electron chi connectivity index (χ4n) is 3.51. The Hall–Kier alpha value is -3.91. The summed E-state index contributed by atoms with van der Waals surface area (Å²) in [4.78, 5) is 27.0. The van der Waals surface area contributed by atoms with Crippen molar-refractivity contribution in [2.75, 3.05) is 27.4 Å². The summed E-state index contributed by atoms with van der Waals surface area (Å²) in [6.07, 6.45) is 1.66. The van der Waals surface area contributed by atoms with Gasteiger partial charge in [-0.3, -0.25) is 14.5 Å². The molecule has 180 valence electrons. The Labute approximate surface area is 208 Å². The molecule has 7 nitrogen and oxygen atoms in total. The fraction of sp³-hybridized carbons (Fsp3) is 0.185. The van der Waals surface area contributed by atoms with E-state index in [1.54, 1.807) is 38.5 Å². The molecule has 0 spiro atoms. The summed E-state index contributed by atoms with van der Waals surface area (Å²) in [6.45, 7) is 0.607. The van der Waals surface area contributed by atoms with Gasteiger partial charge >= 0.3 is 0 Å². The van der Waals surface area contributed by atoms with E-state index in [4.69, 9.17) is 18.9 Å². The lowest BCUT2D eigenvalue weighted by Gasteiger charge is -2.15. The summed E-state index contributed by atoms with van der Waals surface area (Å²) >= 11 is 0.889. The van der Waals surface area contributed by atoms with Gasteiger partial charge in [0.2, 0.25) is 0 Å². The molecule has 0 aromatic heterocycles. The fourth-order valence-corrected chi connectivity index (χ4v) is 4.37. The van der Waals surface area contributed by atoms with Gasteiger partial charge in [0.05, 0.1) is 25.7 Å². The molecular formula is C27H25NO6S. The summed E-state index contributed by atoms with van der Waals surface area (Å²) in [6, 6.07) is 22.4. The molecular weight excluding hydrogens is 466 g/mol. The number of rotatable bonds is 10. The summed E-state index contributed by atoms with van der Waals surface area (Å²) in [7, 11) is 3.12. The van der Waals surface area contributed by atoms with Gasteiger partial charge in [0.1, 0.15) is 13.2 Å². The van der Waals surface area contributed by atoms with E-state index in [0.717, 1.165) is 17.3 Å². The van der Waals surface area contributed by atoms with E-state index >= 15 is 0 Å². The minimum Gasteiger partial charge on any atom is -0.493 e. The molecule has 1 heterocycles. The molecule has 0 atom stereocenters. The number of imide groups is 1. The molecule has 1 saturated heterocycles. The predicted molar refractivity (Wildman–Crippen MR) is 135 cm³/mol. The molecule has 3 aromatic carbocycles. The summed E-state index contributed by atoms with van der Waals surface area (Å²) in [5.41, 5.74) is 1.65. The standard InChI is InChI=1S/C27H25NO6S/c1-31-21-12-6-7-13-22(21)33-16-15-28-26(29)24(35-27(28)30)17-20-11-8-14-23(32-2)25(20)34-18-19-9-4-3-5-10-19/h3-14,17H,15-16,18H2,1-2H3/b24-17-. The number of hydrogen-bond acceptors (Lipinski definition) is 7. The van der Waals surface area contributed by atoms with E-state index in [9.17, 15) is 9.59 Å². The quantitative estimate of drug-likeness (QED) is 0.352. The van der Waals surface area contributed by atoms with Crippen LogP contribution < -0.4 is 18.9 Å². The number of hydrogen-bond donors (Lipinski definition) is 0. The largest absolute Gasteiger partial charge is 0.493 e. The minimum absolute atomic E-state index is 0.121. The van der Waals surface area contributed by atoms with E-state index in [2.05, 4.69) is 0 Å². The van der Waals surface area contributed by atoms with Crippen molar-refractivity contribution >= 4 is 29.0 Å². The van der Waals surface area contributed by atoms with Crippen molar-refractivity contribution in [1.29, 1.82) is 0 Å². The second-order valence-electron chi connectivity index (χ2n) is 7.49. The molecule has 0 unspecified atom stereocenters. The number of carbonyl (C=O) groups excluding carboxylic acids is 2. The summed E-state index contributed by atoms with van der Waals surface area (Å²) in [5, 5.41) is -0.348. The van der Waals surface area contributed by atoms with Crippen LogP contribution in [0.2, 0.25) is 0 Å². The summed E-state index contributed by atoms with van der Waals surface area (Å²) < 4.78 is 22.5. The molecule has 4 rings (SSSR count). The number of thioether (sulfide) groups is 1. The van der Waals surface area contributed by atoms with Crippen molar-refractivity contribution < 1.29 is 28.5 Å². The van der Waals surface area contributed by atoms with Crippen molar-refractivity contribution in [2.24, 2.45) is 0 Å². The molecule has 1 aliphatic rings. The average Bonchev–Trinajstić information content (AvgIpc) is 3.16. The van der Waals surface area contributed by atoms with Crippen molar-refractivity contribution in [3.8, 4) is 23.0 Å². The Morgan fingerprint density at radius 1 is 0.800 bits per heavy atom. The van der Waals surface area contributed by atoms with Crippen molar-refractivity contribution in [2.45, 2.75) is 6.61 Å². The normalized spacial score (nSPS) is 14.3. The predicted octanol–water partition coefficient (Wildman–Crippen LogP) is 5.40. The van der Waals surface area contributed by atoms with Gasteiger partial charge in [-0.25, -0.2) is 0 Å². The molecule has 0 aliphatic carbocycles. The lowest BCUT2D eigenvalue weighted by Crippen LogP contribution is -2.32. The first kappa shape index (κ1) is 24.2. The van der Waals surface area contributed by atoms with E-state index in [-0.39, 0.29) is 24.3 Å². The first-order valence-corrected chi connectivity index (χ1v) is 11.8. The molecule has 0 bridgehead atoms. The molecule has 3 aromatic rings. The number of para-hydroxylation sites is 3. The molecule has 8 heteroatoms. The average molecular weight is 492 g/mol. The Kier molecular flexibility index (Phi) is 7.95. The number of methoxy groups -OCH3 is 2. The number of ether oxygens (including phenoxy) is 4. The molecule has 2 amide bonds. The highest BCUT2D eigenvalue weighted by molar-refractivity contribution is 8.18. The van der Waals surface area contributed by atoms with Crippen molar-refractivity contribution in [3.05, 3.63) is 88.8 Å². The Balaban J connectivity index is 1.47. The first-order chi connectivity index (χ1) is 17.1. The van der Waals surface area contributed by atoms with Crippen LogP contribution in [-0.2, 0) is 11.4 Å². The summed E-state index contributed by atoms with van der Waals surface area (Å²) in [5.74, 6) is 1.81. The SMILES string of the molecule is COc1ccccc1OCCN1C(=O)S/C(=C\c2cccc(OC)c2OCc2ccccc2)C1=O. The van der Waals surface area contributed by atoms with Crippen LogP contribution >= 0.6 is 11.8 Å². The van der Waals surface area contributed by atoms with E-state index in [0.29, 0.717) is 40.1 Å². The number of benzene rings is 3. The molecule has 0 saturated carbocycles. The molecule has 0 radical (unpaired) electrons. The first-order valence-electron chi connectivity index (χ1n) is 11.0. The number of nitrogens with zero attached hydrogens (tertiary/aromatic N) is 1. The molecule has 1 fully saturated rings. The highest BCUT2D eigenvalue weighted by Crippen LogP contribution is 2.37. The van der Waals surface area contributed by atoms with Crippen molar-refractivity contribution in [1.82, 2.24) is 4.90 Å². The van der Waals surface area contributed by atoms with Gasteiger partial charge in [-0.1, -0.05) is 54.6 Å². The smallest absolute Gasteiger partial charge is 0.293 e. The van der Waals surface area contributed by atoms with Gasteiger partial charge in [-0.2, -0.15) is 0 Å². The highest BCUT2D eigenvalue weighted by atomic mass is 32.2. The zero-order chi connectivity index (χ0) is 24.6. The molecule has 35 heavy (non-hydrogen) atoms. The van der Waals surface area contributed by atoms with E-state index in [1.807, 2.05) is 54.6 Å². The monoisotopic (exact) mass is 491 g/mol. The topological polar surface area (TPSA) is 74.3 Å². The lowest BCUT2D eigenvalue weighted by atomic mass is 10.1. The van der Waals surface area contributed by atoms with Crippen LogP contribution in [0.3, 0.4) is 0 Å². The van der Waals surface area contributed by atoms with Gasteiger partial charge in [-0.05, 0) is 41.6 Å². The van der Waals surface area contributed by atoms with Crippen LogP contribution in [0.25, 0.3) is 6.08 Å². The Morgan fingerprint density at radius 2 is 1.49 bits per heavy atom. The zero-order valence-electron chi connectivity index (χ0n) is 19.4. The molecule has 0 N–H and O–H groups in total. The van der Waals surface area contributed by atoms with Crippen LogP contribution in [0.1, 0.15) is 11.1 Å². The minimum atomic E-state index is -0.375. The number of carbonyl (C=O) groups is 2. The zero-order valence-corrected chi connectivity index (χ0v) is 20.2. The molecule has 1 aliphatic heterocycles. The second-order valence-corrected chi connectivity index (χ2v) is 8.48. The van der Waals surface area contributed by atoms with Gasteiger partial charge < -0.3 is 18.9 Å². The van der Waals surface area contributed by atoms with Crippen LogP contribution in [0.5, 0.6) is 23.0 Å². The maximum atomic E-state index is 13.0. The van der Waals surface area contributed by atoms with E-state index < -0.39 is 0 Å². The van der Waals surface area contributed by atoms with Gasteiger partial charge in [0.25, 0.3) is 11.1 Å².